The smallest absolute Gasteiger partial charge is 0.247 e. The molecule has 4 nitrogen and oxygen atoms in total. The average molecular weight is 214 g/mol. The molecular weight excluding hydrogens is 192 g/mol. The van der Waals surface area contributed by atoms with Crippen molar-refractivity contribution in [3.63, 3.8) is 0 Å². The van der Waals surface area contributed by atoms with Crippen LogP contribution in [0, 0.1) is 0 Å². The Labute approximate surface area is 91.9 Å². The van der Waals surface area contributed by atoms with Gasteiger partial charge < -0.3 is 5.32 Å². The molecule has 0 heterocycles. The maximum absolute atomic E-state index is 11.8. The molecule has 0 atom stereocenters. The molecule has 0 radical (unpaired) electrons. The summed E-state index contributed by atoms with van der Waals surface area (Å²) in [6, 6.07) is 0. The fourth-order valence-corrected chi connectivity index (χ4v) is 2.25. The molecule has 1 N–H and O–H groups in total. The molecule has 1 aliphatic carbocycles. The standard InChI is InChI=1S/C11H22N2O2/c1-12-11(7-5-4-6-8-11)9-10(14)13(2)15-3/h12H,4-9H2,1-3H3. The Morgan fingerprint density at radius 1 is 1.40 bits per heavy atom. The zero-order valence-electron chi connectivity index (χ0n) is 10.0. The molecule has 0 unspecified atom stereocenters. The van der Waals surface area contributed by atoms with Gasteiger partial charge in [-0.3, -0.25) is 9.63 Å². The molecule has 88 valence electrons. The molecule has 15 heavy (non-hydrogen) atoms. The summed E-state index contributed by atoms with van der Waals surface area (Å²) >= 11 is 0. The lowest BCUT2D eigenvalue weighted by Crippen LogP contribution is -2.48. The van der Waals surface area contributed by atoms with Gasteiger partial charge in [-0.2, -0.15) is 0 Å². The van der Waals surface area contributed by atoms with Crippen LogP contribution in [-0.2, 0) is 9.63 Å². The van der Waals surface area contributed by atoms with Crippen LogP contribution in [0.15, 0.2) is 0 Å². The molecule has 1 fully saturated rings. The van der Waals surface area contributed by atoms with Crippen molar-refractivity contribution in [3.05, 3.63) is 0 Å². The van der Waals surface area contributed by atoms with E-state index in [1.807, 2.05) is 7.05 Å². The van der Waals surface area contributed by atoms with Crippen molar-refractivity contribution < 1.29 is 9.63 Å². The molecule has 0 aromatic rings. The van der Waals surface area contributed by atoms with Gasteiger partial charge in [-0.1, -0.05) is 19.3 Å². The van der Waals surface area contributed by atoms with Gasteiger partial charge in [0, 0.05) is 19.0 Å². The Kier molecular flexibility index (Phi) is 4.54. The molecule has 0 aromatic carbocycles. The van der Waals surface area contributed by atoms with Crippen LogP contribution >= 0.6 is 0 Å². The number of carbonyl (C=O) groups is 1. The summed E-state index contributed by atoms with van der Waals surface area (Å²) in [5, 5.41) is 4.64. The second kappa shape index (κ2) is 5.47. The van der Waals surface area contributed by atoms with Gasteiger partial charge in [0.05, 0.1) is 7.11 Å². The van der Waals surface area contributed by atoms with Crippen molar-refractivity contribution in [2.45, 2.75) is 44.1 Å². The fourth-order valence-electron chi connectivity index (χ4n) is 2.25. The molecule has 1 amide bonds. The van der Waals surface area contributed by atoms with Gasteiger partial charge in [0.1, 0.15) is 0 Å². The summed E-state index contributed by atoms with van der Waals surface area (Å²) in [6.45, 7) is 0. The van der Waals surface area contributed by atoms with Gasteiger partial charge in [0.15, 0.2) is 0 Å². The van der Waals surface area contributed by atoms with Crippen LogP contribution in [0.1, 0.15) is 38.5 Å². The van der Waals surface area contributed by atoms with E-state index >= 15 is 0 Å². The minimum absolute atomic E-state index is 0.00211. The van der Waals surface area contributed by atoms with Crippen molar-refractivity contribution in [2.75, 3.05) is 21.2 Å². The van der Waals surface area contributed by atoms with Crippen LogP contribution in [0.2, 0.25) is 0 Å². The summed E-state index contributed by atoms with van der Waals surface area (Å²) in [4.78, 5) is 16.7. The van der Waals surface area contributed by atoms with Gasteiger partial charge in [0.2, 0.25) is 5.91 Å². The molecule has 0 aromatic heterocycles. The Morgan fingerprint density at radius 3 is 2.47 bits per heavy atom. The number of hydrogen-bond acceptors (Lipinski definition) is 3. The van der Waals surface area contributed by atoms with E-state index in [1.54, 1.807) is 7.05 Å². The monoisotopic (exact) mass is 214 g/mol. The molecule has 0 spiro atoms. The fraction of sp³-hybridized carbons (Fsp3) is 0.909. The van der Waals surface area contributed by atoms with Crippen LogP contribution in [0.5, 0.6) is 0 Å². The summed E-state index contributed by atoms with van der Waals surface area (Å²) in [7, 11) is 5.13. The lowest BCUT2D eigenvalue weighted by atomic mass is 9.79. The largest absolute Gasteiger partial charge is 0.314 e. The van der Waals surface area contributed by atoms with E-state index in [-0.39, 0.29) is 11.4 Å². The van der Waals surface area contributed by atoms with Crippen molar-refractivity contribution >= 4 is 5.91 Å². The highest BCUT2D eigenvalue weighted by Crippen LogP contribution is 2.31. The Morgan fingerprint density at radius 2 is 2.00 bits per heavy atom. The van der Waals surface area contributed by atoms with E-state index in [4.69, 9.17) is 4.84 Å². The lowest BCUT2D eigenvalue weighted by molar-refractivity contribution is -0.170. The molecule has 4 heteroatoms. The van der Waals surface area contributed by atoms with E-state index in [2.05, 4.69) is 5.32 Å². The SMILES string of the molecule is CNC1(CC(=O)N(C)OC)CCCCC1. The second-order valence-electron chi connectivity index (χ2n) is 4.34. The van der Waals surface area contributed by atoms with Crippen LogP contribution < -0.4 is 5.32 Å². The first kappa shape index (κ1) is 12.5. The van der Waals surface area contributed by atoms with Gasteiger partial charge in [0.25, 0.3) is 0 Å². The normalized spacial score (nSPS) is 19.9. The van der Waals surface area contributed by atoms with Gasteiger partial charge in [-0.25, -0.2) is 5.06 Å². The van der Waals surface area contributed by atoms with Crippen LogP contribution in [-0.4, -0.2) is 37.7 Å². The number of amides is 1. The molecule has 1 saturated carbocycles. The molecular formula is C11H22N2O2. The lowest BCUT2D eigenvalue weighted by Gasteiger charge is -2.37. The minimum atomic E-state index is 0.00211. The van der Waals surface area contributed by atoms with Gasteiger partial charge >= 0.3 is 0 Å². The average Bonchev–Trinajstić information content (AvgIpc) is 2.29. The first-order valence-electron chi connectivity index (χ1n) is 5.63. The van der Waals surface area contributed by atoms with Gasteiger partial charge in [-0.05, 0) is 19.9 Å². The predicted molar refractivity (Wildman–Crippen MR) is 59.3 cm³/mol. The van der Waals surface area contributed by atoms with Crippen molar-refractivity contribution in [3.8, 4) is 0 Å². The number of hydrogen-bond donors (Lipinski definition) is 1. The zero-order chi connectivity index (χ0) is 11.3. The number of rotatable bonds is 4. The van der Waals surface area contributed by atoms with E-state index < -0.39 is 0 Å². The highest BCUT2D eigenvalue weighted by Gasteiger charge is 2.33. The number of hydroxylamine groups is 2. The van der Waals surface area contributed by atoms with E-state index in [0.29, 0.717) is 6.42 Å². The Hall–Kier alpha value is -0.610. The topological polar surface area (TPSA) is 41.6 Å². The zero-order valence-corrected chi connectivity index (χ0v) is 10.0. The Bertz CT molecular complexity index is 213. The highest BCUT2D eigenvalue weighted by atomic mass is 16.7. The minimum Gasteiger partial charge on any atom is -0.314 e. The maximum Gasteiger partial charge on any atom is 0.247 e. The first-order valence-corrected chi connectivity index (χ1v) is 5.63. The number of carbonyl (C=O) groups excluding carboxylic acids is 1. The van der Waals surface area contributed by atoms with Gasteiger partial charge in [-0.15, -0.1) is 0 Å². The summed E-state index contributed by atoms with van der Waals surface area (Å²) in [6.07, 6.45) is 6.43. The molecule has 0 bridgehead atoms. The second-order valence-corrected chi connectivity index (χ2v) is 4.34. The van der Waals surface area contributed by atoms with Crippen LogP contribution in [0.4, 0.5) is 0 Å². The predicted octanol–water partition coefficient (Wildman–Crippen LogP) is 1.32. The van der Waals surface area contributed by atoms with E-state index in [9.17, 15) is 4.79 Å². The number of nitrogens with zero attached hydrogens (tertiary/aromatic N) is 1. The van der Waals surface area contributed by atoms with Crippen LogP contribution in [0.3, 0.4) is 0 Å². The van der Waals surface area contributed by atoms with E-state index in [0.717, 1.165) is 12.8 Å². The summed E-state index contributed by atoms with van der Waals surface area (Å²) in [5.74, 6) is 0.0498. The van der Waals surface area contributed by atoms with Crippen molar-refractivity contribution in [1.29, 1.82) is 0 Å². The first-order chi connectivity index (χ1) is 7.13. The van der Waals surface area contributed by atoms with Crippen LogP contribution in [0.25, 0.3) is 0 Å². The summed E-state index contributed by atoms with van der Waals surface area (Å²) < 4.78 is 0. The summed E-state index contributed by atoms with van der Waals surface area (Å²) in [5.41, 5.74) is 0.00211. The highest BCUT2D eigenvalue weighted by molar-refractivity contribution is 5.76. The maximum atomic E-state index is 11.8. The third-order valence-corrected chi connectivity index (χ3v) is 3.46. The molecule has 1 aliphatic rings. The van der Waals surface area contributed by atoms with Crippen molar-refractivity contribution in [2.24, 2.45) is 0 Å². The molecule has 0 aliphatic heterocycles. The third-order valence-electron chi connectivity index (χ3n) is 3.46. The molecule has 1 rings (SSSR count). The van der Waals surface area contributed by atoms with Crippen molar-refractivity contribution in [1.82, 2.24) is 10.4 Å². The quantitative estimate of drug-likeness (QED) is 0.718. The number of nitrogens with one attached hydrogen (secondary N) is 1. The molecule has 0 saturated heterocycles. The third kappa shape index (κ3) is 3.18. The Balaban J connectivity index is 2.55. The van der Waals surface area contributed by atoms with E-state index in [1.165, 1.54) is 31.4 Å².